The van der Waals surface area contributed by atoms with Gasteiger partial charge in [0.05, 0.1) is 12.2 Å². The lowest BCUT2D eigenvalue weighted by molar-refractivity contribution is 0.106. The fraction of sp³-hybridized carbons (Fsp3) is 0.222. The lowest BCUT2D eigenvalue weighted by atomic mass is 9.85. The Bertz CT molecular complexity index is 1570. The molecule has 0 fully saturated rings. The van der Waals surface area contributed by atoms with Gasteiger partial charge in [0.1, 0.15) is 24.7 Å². The predicted molar refractivity (Wildman–Crippen MR) is 165 cm³/mol. The molecule has 0 aromatic heterocycles. The van der Waals surface area contributed by atoms with E-state index in [0.717, 1.165) is 65.7 Å². The highest BCUT2D eigenvalue weighted by molar-refractivity contribution is 6.26. The Balaban J connectivity index is 1.72. The van der Waals surface area contributed by atoms with Crippen LogP contribution in [0.4, 0.5) is 0 Å². The molecule has 40 heavy (non-hydrogen) atoms. The van der Waals surface area contributed by atoms with Crippen LogP contribution in [0.25, 0.3) is 54.2 Å². The van der Waals surface area contributed by atoms with E-state index in [0.29, 0.717) is 12.8 Å². The van der Waals surface area contributed by atoms with Crippen LogP contribution in [0, 0.1) is 0 Å². The molecule has 0 radical (unpaired) electrons. The van der Waals surface area contributed by atoms with E-state index in [1.807, 2.05) is 38.1 Å². The number of rotatable bonds is 9. The lowest BCUT2D eigenvalue weighted by Crippen LogP contribution is -2.16. The molecule has 2 unspecified atom stereocenters. The first-order valence-electron chi connectivity index (χ1n) is 14.1. The molecule has 4 nitrogen and oxygen atoms in total. The number of hydrogen-bond acceptors (Lipinski definition) is 4. The van der Waals surface area contributed by atoms with E-state index in [1.165, 1.54) is 0 Å². The number of fused-ring (bicyclic) bond motifs is 4. The second-order valence-electron chi connectivity index (χ2n) is 10.3. The largest absolute Gasteiger partial charge is 0.490 e. The van der Waals surface area contributed by atoms with Crippen molar-refractivity contribution in [2.45, 2.75) is 38.9 Å². The van der Waals surface area contributed by atoms with Crippen molar-refractivity contribution >= 4 is 43.1 Å². The van der Waals surface area contributed by atoms with Crippen LogP contribution in [0.1, 0.15) is 26.7 Å². The Hall–Kier alpha value is -4.12. The number of ether oxygens (including phenoxy) is 2. The number of benzene rings is 6. The quantitative estimate of drug-likeness (QED) is 0.185. The first kappa shape index (κ1) is 26.1. The van der Waals surface area contributed by atoms with Gasteiger partial charge in [-0.15, -0.1) is 0 Å². The minimum atomic E-state index is -0.524. The van der Waals surface area contributed by atoms with Gasteiger partial charge in [-0.2, -0.15) is 0 Å². The summed E-state index contributed by atoms with van der Waals surface area (Å²) in [5.74, 6) is 1.59. The standard InChI is InChI=1S/C36H34O4/c1-3-23(37)21-39-35-29-17-9-5-13-25(29)33(26-14-6-10-18-30(26)35)34-27-15-7-11-19-31(27)36(40-22-24(38)4-2)32-20-12-8-16-28(32)34/h5-20,23-24,37-38H,3-4,21-22H2,1-2H3. The molecule has 2 N–H and O–H groups in total. The fourth-order valence-electron chi connectivity index (χ4n) is 5.62. The topological polar surface area (TPSA) is 58.9 Å². The highest BCUT2D eigenvalue weighted by Gasteiger charge is 2.22. The zero-order valence-corrected chi connectivity index (χ0v) is 22.9. The molecule has 6 rings (SSSR count). The van der Waals surface area contributed by atoms with Crippen molar-refractivity contribution in [3.8, 4) is 22.6 Å². The van der Waals surface area contributed by atoms with Gasteiger partial charge in [0, 0.05) is 21.5 Å². The molecule has 0 bridgehead atoms. The third-order valence-corrected chi connectivity index (χ3v) is 7.80. The van der Waals surface area contributed by atoms with Crippen LogP contribution in [-0.2, 0) is 0 Å². The average Bonchev–Trinajstić information content (AvgIpc) is 3.01. The van der Waals surface area contributed by atoms with Crippen molar-refractivity contribution < 1.29 is 19.7 Å². The molecule has 0 aliphatic heterocycles. The van der Waals surface area contributed by atoms with Crippen molar-refractivity contribution in [2.75, 3.05) is 13.2 Å². The number of aliphatic hydroxyl groups excluding tert-OH is 2. The number of aliphatic hydroxyl groups is 2. The van der Waals surface area contributed by atoms with Gasteiger partial charge in [-0.05, 0) is 45.5 Å². The van der Waals surface area contributed by atoms with Crippen LogP contribution in [0.2, 0.25) is 0 Å². The van der Waals surface area contributed by atoms with Crippen LogP contribution in [0.5, 0.6) is 11.5 Å². The Kier molecular flexibility index (Phi) is 7.29. The SMILES string of the molecule is CCC(O)COc1c2ccccc2c(-c2c3ccccc3c(OCC(O)CC)c3ccccc23)c2ccccc12. The van der Waals surface area contributed by atoms with Gasteiger partial charge in [-0.3, -0.25) is 0 Å². The third kappa shape index (κ3) is 4.53. The van der Waals surface area contributed by atoms with Crippen LogP contribution in [0.15, 0.2) is 97.1 Å². The smallest absolute Gasteiger partial charge is 0.135 e. The number of hydrogen-bond donors (Lipinski definition) is 2. The normalized spacial score (nSPS) is 13.2. The van der Waals surface area contributed by atoms with E-state index in [4.69, 9.17) is 9.47 Å². The van der Waals surface area contributed by atoms with Gasteiger partial charge in [0.25, 0.3) is 0 Å². The van der Waals surface area contributed by atoms with Gasteiger partial charge in [0.2, 0.25) is 0 Å². The van der Waals surface area contributed by atoms with Crippen molar-refractivity contribution in [1.29, 1.82) is 0 Å². The summed E-state index contributed by atoms with van der Waals surface area (Å²) < 4.78 is 12.7. The molecule has 0 spiro atoms. The summed E-state index contributed by atoms with van der Waals surface area (Å²) in [4.78, 5) is 0. The molecule has 6 aromatic carbocycles. The van der Waals surface area contributed by atoms with Crippen molar-refractivity contribution in [3.63, 3.8) is 0 Å². The van der Waals surface area contributed by atoms with E-state index in [1.54, 1.807) is 0 Å². The first-order chi connectivity index (χ1) is 19.6. The molecule has 0 amide bonds. The maximum atomic E-state index is 10.3. The predicted octanol–water partition coefficient (Wildman–Crippen LogP) is 8.27. The van der Waals surface area contributed by atoms with E-state index < -0.39 is 12.2 Å². The molecule has 2 atom stereocenters. The van der Waals surface area contributed by atoms with E-state index in [-0.39, 0.29) is 13.2 Å². The van der Waals surface area contributed by atoms with E-state index in [2.05, 4.69) is 72.8 Å². The first-order valence-corrected chi connectivity index (χ1v) is 14.1. The summed E-state index contributed by atoms with van der Waals surface area (Å²) >= 11 is 0. The molecule has 0 saturated heterocycles. The monoisotopic (exact) mass is 530 g/mol. The summed E-state index contributed by atoms with van der Waals surface area (Å²) in [5, 5.41) is 29.0. The van der Waals surface area contributed by atoms with Crippen LogP contribution in [0.3, 0.4) is 0 Å². The second kappa shape index (κ2) is 11.2. The van der Waals surface area contributed by atoms with Crippen molar-refractivity contribution in [1.82, 2.24) is 0 Å². The molecule has 0 aliphatic carbocycles. The maximum Gasteiger partial charge on any atom is 0.135 e. The summed E-state index contributed by atoms with van der Waals surface area (Å²) in [6.07, 6.45) is 0.221. The van der Waals surface area contributed by atoms with E-state index in [9.17, 15) is 10.2 Å². The zero-order chi connectivity index (χ0) is 27.6. The molecule has 0 heterocycles. The highest BCUT2D eigenvalue weighted by atomic mass is 16.5. The van der Waals surface area contributed by atoms with Gasteiger partial charge < -0.3 is 19.7 Å². The third-order valence-electron chi connectivity index (χ3n) is 7.80. The summed E-state index contributed by atoms with van der Waals surface area (Å²) in [6, 6.07) is 33.5. The van der Waals surface area contributed by atoms with Gasteiger partial charge in [-0.25, -0.2) is 0 Å². The molecule has 0 aliphatic rings. The van der Waals surface area contributed by atoms with Crippen LogP contribution < -0.4 is 9.47 Å². The van der Waals surface area contributed by atoms with E-state index >= 15 is 0 Å². The van der Waals surface area contributed by atoms with Gasteiger partial charge in [0.15, 0.2) is 0 Å². The minimum Gasteiger partial charge on any atom is -0.490 e. The van der Waals surface area contributed by atoms with Crippen molar-refractivity contribution in [3.05, 3.63) is 97.1 Å². The highest BCUT2D eigenvalue weighted by Crippen LogP contribution is 2.49. The van der Waals surface area contributed by atoms with Crippen LogP contribution >= 0.6 is 0 Å². The van der Waals surface area contributed by atoms with Gasteiger partial charge in [-0.1, -0.05) is 111 Å². The molecular formula is C36H34O4. The molecular weight excluding hydrogens is 496 g/mol. The summed E-state index contributed by atoms with van der Waals surface area (Å²) in [5.41, 5.74) is 2.28. The molecule has 0 saturated carbocycles. The lowest BCUT2D eigenvalue weighted by Gasteiger charge is -2.22. The van der Waals surface area contributed by atoms with Crippen LogP contribution in [-0.4, -0.2) is 35.6 Å². The van der Waals surface area contributed by atoms with Gasteiger partial charge >= 0.3 is 0 Å². The summed E-state index contributed by atoms with van der Waals surface area (Å²) in [6.45, 7) is 4.40. The Labute approximate surface area is 234 Å². The maximum absolute atomic E-state index is 10.3. The Morgan fingerprint density at radius 2 is 0.700 bits per heavy atom. The summed E-state index contributed by atoms with van der Waals surface area (Å²) in [7, 11) is 0. The molecule has 6 aromatic rings. The Morgan fingerprint density at radius 3 is 0.950 bits per heavy atom. The molecule has 4 heteroatoms. The Morgan fingerprint density at radius 1 is 0.450 bits per heavy atom. The van der Waals surface area contributed by atoms with Crippen molar-refractivity contribution in [2.24, 2.45) is 0 Å². The second-order valence-corrected chi connectivity index (χ2v) is 10.3. The molecule has 202 valence electrons. The minimum absolute atomic E-state index is 0.241. The zero-order valence-electron chi connectivity index (χ0n) is 22.9. The fourth-order valence-corrected chi connectivity index (χ4v) is 5.62. The average molecular weight is 531 g/mol.